The Hall–Kier alpha value is -3.41. The summed E-state index contributed by atoms with van der Waals surface area (Å²) in [4.78, 5) is 16.5. The van der Waals surface area contributed by atoms with Crippen molar-refractivity contribution in [3.05, 3.63) is 83.0 Å². The second-order valence-corrected chi connectivity index (χ2v) is 7.47. The van der Waals surface area contributed by atoms with Gasteiger partial charge in [-0.2, -0.15) is 0 Å². The third kappa shape index (κ3) is 4.37. The predicted octanol–water partition coefficient (Wildman–Crippen LogP) is 3.04. The SMILES string of the molecule is CN(C)c1ccc(C(=O)NCc2ccc(CN3CCc4ccccc43)cc2)nn1. The molecule has 1 N–H and O–H groups in total. The van der Waals surface area contributed by atoms with E-state index in [1.54, 1.807) is 12.1 Å². The average Bonchev–Trinajstić information content (AvgIpc) is 3.16. The highest BCUT2D eigenvalue weighted by atomic mass is 16.1. The van der Waals surface area contributed by atoms with Crippen LogP contribution in [-0.4, -0.2) is 36.7 Å². The smallest absolute Gasteiger partial charge is 0.272 e. The monoisotopic (exact) mass is 387 g/mol. The number of fused-ring (bicyclic) bond motifs is 1. The van der Waals surface area contributed by atoms with Crippen LogP contribution in [0.25, 0.3) is 0 Å². The minimum atomic E-state index is -0.222. The van der Waals surface area contributed by atoms with Crippen LogP contribution in [0.3, 0.4) is 0 Å². The molecule has 2 aromatic carbocycles. The molecule has 4 rings (SSSR count). The van der Waals surface area contributed by atoms with Gasteiger partial charge in [0.25, 0.3) is 5.91 Å². The van der Waals surface area contributed by atoms with Crippen LogP contribution in [-0.2, 0) is 19.5 Å². The van der Waals surface area contributed by atoms with Gasteiger partial charge in [-0.3, -0.25) is 4.79 Å². The first-order valence-corrected chi connectivity index (χ1v) is 9.80. The third-order valence-electron chi connectivity index (χ3n) is 5.17. The molecule has 2 heterocycles. The molecule has 1 aromatic heterocycles. The Morgan fingerprint density at radius 3 is 2.48 bits per heavy atom. The standard InChI is InChI=1S/C23H25N5O/c1-27(2)22-12-11-20(25-26-22)23(29)24-15-17-7-9-18(10-8-17)16-28-14-13-19-5-3-4-6-21(19)28/h3-12H,13-16H2,1-2H3,(H,24,29). The quantitative estimate of drug-likeness (QED) is 0.704. The lowest BCUT2D eigenvalue weighted by atomic mass is 10.1. The summed E-state index contributed by atoms with van der Waals surface area (Å²) in [6, 6.07) is 20.5. The summed E-state index contributed by atoms with van der Waals surface area (Å²) in [7, 11) is 3.77. The fraction of sp³-hybridized carbons (Fsp3) is 0.261. The Labute approximate surface area is 171 Å². The molecule has 0 radical (unpaired) electrons. The molecular formula is C23H25N5O. The fourth-order valence-corrected chi connectivity index (χ4v) is 3.51. The van der Waals surface area contributed by atoms with Crippen molar-refractivity contribution in [2.24, 2.45) is 0 Å². The van der Waals surface area contributed by atoms with Gasteiger partial charge in [0.05, 0.1) is 0 Å². The van der Waals surface area contributed by atoms with E-state index in [2.05, 4.69) is 68.9 Å². The van der Waals surface area contributed by atoms with Gasteiger partial charge in [-0.25, -0.2) is 0 Å². The maximum absolute atomic E-state index is 12.3. The highest BCUT2D eigenvalue weighted by molar-refractivity contribution is 5.92. The molecule has 0 bridgehead atoms. The van der Waals surface area contributed by atoms with Crippen molar-refractivity contribution in [3.63, 3.8) is 0 Å². The summed E-state index contributed by atoms with van der Waals surface area (Å²) in [5.74, 6) is 0.498. The summed E-state index contributed by atoms with van der Waals surface area (Å²) >= 11 is 0. The van der Waals surface area contributed by atoms with Gasteiger partial charge in [-0.1, -0.05) is 42.5 Å². The molecule has 0 atom stereocenters. The minimum absolute atomic E-state index is 0.222. The lowest BCUT2D eigenvalue weighted by Gasteiger charge is -2.19. The zero-order chi connectivity index (χ0) is 20.2. The normalized spacial score (nSPS) is 12.6. The van der Waals surface area contributed by atoms with Crippen molar-refractivity contribution in [1.82, 2.24) is 15.5 Å². The second kappa shape index (κ2) is 8.31. The van der Waals surface area contributed by atoms with E-state index in [4.69, 9.17) is 0 Å². The Bertz CT molecular complexity index is 983. The van der Waals surface area contributed by atoms with Gasteiger partial charge in [-0.15, -0.1) is 10.2 Å². The highest BCUT2D eigenvalue weighted by Crippen LogP contribution is 2.28. The largest absolute Gasteiger partial charge is 0.367 e. The van der Waals surface area contributed by atoms with Gasteiger partial charge < -0.3 is 15.1 Å². The van der Waals surface area contributed by atoms with Crippen molar-refractivity contribution < 1.29 is 4.79 Å². The maximum Gasteiger partial charge on any atom is 0.272 e. The fourth-order valence-electron chi connectivity index (χ4n) is 3.51. The molecule has 0 saturated carbocycles. The number of para-hydroxylation sites is 1. The molecule has 1 aliphatic heterocycles. The number of nitrogens with one attached hydrogen (secondary N) is 1. The van der Waals surface area contributed by atoms with Crippen LogP contribution in [0.1, 0.15) is 27.2 Å². The summed E-state index contributed by atoms with van der Waals surface area (Å²) in [6.07, 6.45) is 1.11. The molecule has 6 nitrogen and oxygen atoms in total. The number of anilines is 2. The Kier molecular flexibility index (Phi) is 5.42. The number of carbonyl (C=O) groups excluding carboxylic acids is 1. The second-order valence-electron chi connectivity index (χ2n) is 7.47. The van der Waals surface area contributed by atoms with Gasteiger partial charge >= 0.3 is 0 Å². The molecule has 0 fully saturated rings. The number of nitrogens with zero attached hydrogens (tertiary/aromatic N) is 4. The molecule has 1 aliphatic rings. The zero-order valence-electron chi connectivity index (χ0n) is 16.8. The van der Waals surface area contributed by atoms with E-state index >= 15 is 0 Å². The molecule has 148 valence electrons. The van der Waals surface area contributed by atoms with Crippen molar-refractivity contribution in [3.8, 4) is 0 Å². The van der Waals surface area contributed by atoms with Gasteiger partial charge in [0.15, 0.2) is 11.5 Å². The van der Waals surface area contributed by atoms with Crippen LogP contribution < -0.4 is 15.1 Å². The van der Waals surface area contributed by atoms with Crippen LogP contribution in [0.2, 0.25) is 0 Å². The lowest BCUT2D eigenvalue weighted by molar-refractivity contribution is 0.0945. The summed E-state index contributed by atoms with van der Waals surface area (Å²) in [5.41, 5.74) is 5.41. The summed E-state index contributed by atoms with van der Waals surface area (Å²) in [6.45, 7) is 2.42. The number of aromatic nitrogens is 2. The molecule has 0 spiro atoms. The topological polar surface area (TPSA) is 61.4 Å². The Balaban J connectivity index is 1.32. The number of hydrogen-bond acceptors (Lipinski definition) is 5. The molecular weight excluding hydrogens is 362 g/mol. The molecule has 0 unspecified atom stereocenters. The third-order valence-corrected chi connectivity index (χ3v) is 5.17. The first-order valence-electron chi connectivity index (χ1n) is 9.80. The zero-order valence-corrected chi connectivity index (χ0v) is 16.8. The van der Waals surface area contributed by atoms with Crippen LogP contribution in [0.4, 0.5) is 11.5 Å². The van der Waals surface area contributed by atoms with E-state index < -0.39 is 0 Å². The highest BCUT2D eigenvalue weighted by Gasteiger charge is 2.18. The number of carbonyl (C=O) groups is 1. The van der Waals surface area contributed by atoms with Crippen LogP contribution in [0, 0.1) is 0 Å². The number of hydrogen-bond donors (Lipinski definition) is 1. The number of amides is 1. The van der Waals surface area contributed by atoms with E-state index in [9.17, 15) is 4.79 Å². The number of rotatable bonds is 6. The molecule has 29 heavy (non-hydrogen) atoms. The average molecular weight is 387 g/mol. The van der Waals surface area contributed by atoms with Crippen LogP contribution >= 0.6 is 0 Å². The minimum Gasteiger partial charge on any atom is -0.367 e. The Morgan fingerprint density at radius 1 is 1.00 bits per heavy atom. The van der Waals surface area contributed by atoms with Gasteiger partial charge in [0.2, 0.25) is 0 Å². The summed E-state index contributed by atoms with van der Waals surface area (Å²) in [5, 5.41) is 10.9. The van der Waals surface area contributed by atoms with E-state index in [1.807, 2.05) is 19.0 Å². The van der Waals surface area contributed by atoms with Crippen molar-refractivity contribution in [1.29, 1.82) is 0 Å². The molecule has 3 aromatic rings. The lowest BCUT2D eigenvalue weighted by Crippen LogP contribution is -2.24. The first-order chi connectivity index (χ1) is 14.1. The van der Waals surface area contributed by atoms with Crippen LogP contribution in [0.15, 0.2) is 60.7 Å². The Morgan fingerprint density at radius 2 is 1.76 bits per heavy atom. The molecule has 0 aliphatic carbocycles. The van der Waals surface area contributed by atoms with Crippen molar-refractivity contribution in [2.45, 2.75) is 19.5 Å². The van der Waals surface area contributed by atoms with E-state index in [-0.39, 0.29) is 5.91 Å². The number of benzene rings is 2. The van der Waals surface area contributed by atoms with Gasteiger partial charge in [0.1, 0.15) is 0 Å². The first kappa shape index (κ1) is 18.9. The van der Waals surface area contributed by atoms with Gasteiger partial charge in [-0.05, 0) is 41.3 Å². The molecule has 1 amide bonds. The van der Waals surface area contributed by atoms with E-state index in [0.717, 1.165) is 30.9 Å². The van der Waals surface area contributed by atoms with E-state index in [0.29, 0.717) is 12.2 Å². The molecule has 0 saturated heterocycles. The van der Waals surface area contributed by atoms with Crippen LogP contribution in [0.5, 0.6) is 0 Å². The maximum atomic E-state index is 12.3. The van der Waals surface area contributed by atoms with E-state index in [1.165, 1.54) is 16.8 Å². The van der Waals surface area contributed by atoms with Gasteiger partial charge in [0, 0.05) is 39.4 Å². The van der Waals surface area contributed by atoms with Crippen molar-refractivity contribution >= 4 is 17.4 Å². The van der Waals surface area contributed by atoms with Crippen molar-refractivity contribution in [2.75, 3.05) is 30.4 Å². The predicted molar refractivity (Wildman–Crippen MR) is 115 cm³/mol. The summed E-state index contributed by atoms with van der Waals surface area (Å²) < 4.78 is 0. The molecule has 6 heteroatoms.